The first-order valence-corrected chi connectivity index (χ1v) is 14.7. The maximum absolute atomic E-state index is 14.3. The Morgan fingerprint density at radius 2 is 1.90 bits per heavy atom. The van der Waals surface area contributed by atoms with Crippen LogP contribution in [-0.4, -0.2) is 80.6 Å². The van der Waals surface area contributed by atoms with Crippen LogP contribution in [0.3, 0.4) is 0 Å². The Hall–Kier alpha value is -3.36. The molecule has 0 saturated carbocycles. The lowest BCUT2D eigenvalue weighted by molar-refractivity contribution is -0.138. The van der Waals surface area contributed by atoms with Gasteiger partial charge in [0.05, 0.1) is 17.7 Å². The van der Waals surface area contributed by atoms with Crippen LogP contribution >= 0.6 is 11.3 Å². The van der Waals surface area contributed by atoms with Crippen molar-refractivity contribution in [3.8, 4) is 11.3 Å². The first kappa shape index (κ1) is 30.1. The van der Waals surface area contributed by atoms with Crippen molar-refractivity contribution in [2.75, 3.05) is 42.9 Å². The minimum absolute atomic E-state index is 0.0756. The van der Waals surface area contributed by atoms with Gasteiger partial charge in [-0.1, -0.05) is 11.3 Å². The number of anilines is 3. The number of carbonyl (C=O) groups is 1. The SMILES string of the molecule is C[C@@H]1CN(c2cc(Nc3nc(-c4cc(F)cc(C(F)(F)F)c4)c(CN4CCC[C@H]4C)s3)ncn2)CCN1CCC(=O)O. The maximum atomic E-state index is 14.3. The van der Waals surface area contributed by atoms with Crippen LogP contribution in [0.4, 0.5) is 34.3 Å². The summed E-state index contributed by atoms with van der Waals surface area (Å²) in [5.41, 5.74) is -0.669. The predicted molar refractivity (Wildman–Crippen MR) is 152 cm³/mol. The Morgan fingerprint density at radius 1 is 1.10 bits per heavy atom. The number of nitrogens with one attached hydrogen (secondary N) is 1. The Balaban J connectivity index is 1.38. The van der Waals surface area contributed by atoms with Gasteiger partial charge in [-0.25, -0.2) is 19.3 Å². The predicted octanol–water partition coefficient (Wildman–Crippen LogP) is 5.47. The van der Waals surface area contributed by atoms with E-state index in [1.807, 2.05) is 6.92 Å². The minimum Gasteiger partial charge on any atom is -0.481 e. The number of likely N-dealkylation sites (tertiary alicyclic amines) is 1. The molecule has 2 saturated heterocycles. The average Bonchev–Trinajstić information content (AvgIpc) is 3.52. The molecule has 4 heterocycles. The zero-order valence-corrected chi connectivity index (χ0v) is 24.2. The normalized spacial score (nSPS) is 20.3. The van der Waals surface area contributed by atoms with Crippen LogP contribution in [-0.2, 0) is 17.5 Å². The number of carboxylic acids is 1. The molecule has 0 bridgehead atoms. The second kappa shape index (κ2) is 12.5. The fraction of sp³-hybridized carbons (Fsp3) is 0.500. The van der Waals surface area contributed by atoms with E-state index in [0.29, 0.717) is 67.3 Å². The van der Waals surface area contributed by atoms with Crippen molar-refractivity contribution in [1.82, 2.24) is 24.8 Å². The van der Waals surface area contributed by atoms with Crippen molar-refractivity contribution in [2.24, 2.45) is 0 Å². The van der Waals surface area contributed by atoms with Gasteiger partial charge in [-0.3, -0.25) is 14.6 Å². The molecule has 0 spiro atoms. The van der Waals surface area contributed by atoms with Gasteiger partial charge in [0.15, 0.2) is 5.13 Å². The third kappa shape index (κ3) is 7.16. The number of carboxylic acid groups (broad SMARTS) is 1. The van der Waals surface area contributed by atoms with Crippen molar-refractivity contribution in [2.45, 2.75) is 57.9 Å². The van der Waals surface area contributed by atoms with Crippen LogP contribution < -0.4 is 10.2 Å². The number of alkyl halides is 3. The van der Waals surface area contributed by atoms with Gasteiger partial charge in [0.25, 0.3) is 0 Å². The Kier molecular flexibility index (Phi) is 8.94. The smallest absolute Gasteiger partial charge is 0.416 e. The van der Waals surface area contributed by atoms with Crippen molar-refractivity contribution in [1.29, 1.82) is 0 Å². The number of aromatic nitrogens is 3. The molecule has 2 fully saturated rings. The summed E-state index contributed by atoms with van der Waals surface area (Å²) in [6.45, 7) is 8.04. The zero-order chi connectivity index (χ0) is 30.0. The largest absolute Gasteiger partial charge is 0.481 e. The highest BCUT2D eigenvalue weighted by Gasteiger charge is 2.32. The van der Waals surface area contributed by atoms with Gasteiger partial charge < -0.3 is 15.3 Å². The van der Waals surface area contributed by atoms with E-state index in [4.69, 9.17) is 5.11 Å². The highest BCUT2D eigenvalue weighted by molar-refractivity contribution is 7.16. The fourth-order valence-electron chi connectivity index (χ4n) is 5.51. The van der Waals surface area contributed by atoms with E-state index in [1.165, 1.54) is 17.7 Å². The molecule has 5 rings (SSSR count). The lowest BCUT2D eigenvalue weighted by Crippen LogP contribution is -2.52. The van der Waals surface area contributed by atoms with Gasteiger partial charge in [-0.2, -0.15) is 13.2 Å². The summed E-state index contributed by atoms with van der Waals surface area (Å²) in [5.74, 6) is -0.629. The summed E-state index contributed by atoms with van der Waals surface area (Å²) in [5, 5.41) is 12.6. The molecule has 1 aromatic carbocycles. The molecule has 2 aromatic heterocycles. The molecule has 0 radical (unpaired) electrons. The van der Waals surface area contributed by atoms with Crippen LogP contribution in [0.15, 0.2) is 30.6 Å². The topological polar surface area (TPSA) is 97.7 Å². The minimum atomic E-state index is -4.69. The molecule has 2 atom stereocenters. The standard InChI is InChI=1S/C28H33F4N7O2S/c1-17-4-3-6-38(17)15-22-26(19-10-20(28(30,31)32)12-21(29)11-19)36-27(42-22)35-23-13-24(34-16-33-23)39-9-8-37(18(2)14-39)7-5-25(40)41/h10-13,16-18H,3-9,14-15H2,1-2H3,(H,40,41)(H,33,34,35,36)/t17-,18-/m1/s1. The Bertz CT molecular complexity index is 1420. The van der Waals surface area contributed by atoms with E-state index < -0.39 is 23.5 Å². The molecule has 226 valence electrons. The summed E-state index contributed by atoms with van der Waals surface area (Å²) < 4.78 is 54.8. The lowest BCUT2D eigenvalue weighted by atomic mass is 10.1. The van der Waals surface area contributed by atoms with Crippen molar-refractivity contribution in [3.63, 3.8) is 0 Å². The summed E-state index contributed by atoms with van der Waals surface area (Å²) in [4.78, 5) is 31.6. The first-order valence-electron chi connectivity index (χ1n) is 13.9. The van der Waals surface area contributed by atoms with Gasteiger partial charge in [0, 0.05) is 61.3 Å². The van der Waals surface area contributed by atoms with Gasteiger partial charge >= 0.3 is 12.1 Å². The number of aliphatic carboxylic acids is 1. The number of piperazine rings is 1. The molecule has 2 aliphatic rings. The van der Waals surface area contributed by atoms with Crippen LogP contribution in [0.25, 0.3) is 11.3 Å². The molecular formula is C28H33F4N7O2S. The van der Waals surface area contributed by atoms with E-state index in [2.05, 4.69) is 41.9 Å². The molecule has 14 heteroatoms. The molecule has 0 unspecified atom stereocenters. The van der Waals surface area contributed by atoms with E-state index in [9.17, 15) is 22.4 Å². The van der Waals surface area contributed by atoms with E-state index in [-0.39, 0.29) is 18.0 Å². The molecule has 2 N–H and O–H groups in total. The van der Waals surface area contributed by atoms with E-state index in [0.717, 1.165) is 36.4 Å². The number of thiazole rings is 1. The van der Waals surface area contributed by atoms with E-state index in [1.54, 1.807) is 6.07 Å². The van der Waals surface area contributed by atoms with Crippen molar-refractivity contribution >= 4 is 34.1 Å². The second-order valence-electron chi connectivity index (χ2n) is 10.8. The second-order valence-corrected chi connectivity index (χ2v) is 11.9. The van der Waals surface area contributed by atoms with Crippen LogP contribution in [0.2, 0.25) is 0 Å². The van der Waals surface area contributed by atoms with Crippen LogP contribution in [0.5, 0.6) is 0 Å². The zero-order valence-electron chi connectivity index (χ0n) is 23.4. The first-order chi connectivity index (χ1) is 20.0. The number of halogens is 4. The molecule has 9 nitrogen and oxygen atoms in total. The summed E-state index contributed by atoms with van der Waals surface area (Å²) in [6.07, 6.45) is -1.09. The molecule has 2 aliphatic heterocycles. The number of hydrogen-bond acceptors (Lipinski definition) is 9. The van der Waals surface area contributed by atoms with Crippen molar-refractivity contribution < 1.29 is 27.5 Å². The number of nitrogens with zero attached hydrogens (tertiary/aromatic N) is 6. The summed E-state index contributed by atoms with van der Waals surface area (Å²) in [7, 11) is 0. The molecular weight excluding hydrogens is 574 g/mol. The van der Waals surface area contributed by atoms with E-state index >= 15 is 0 Å². The Morgan fingerprint density at radius 3 is 2.60 bits per heavy atom. The van der Waals surface area contributed by atoms with Crippen LogP contribution in [0, 0.1) is 5.82 Å². The highest BCUT2D eigenvalue weighted by Crippen LogP contribution is 2.38. The van der Waals surface area contributed by atoms with Gasteiger partial charge in [0.2, 0.25) is 0 Å². The monoisotopic (exact) mass is 607 g/mol. The molecule has 0 amide bonds. The van der Waals surface area contributed by atoms with Gasteiger partial charge in [-0.05, 0) is 51.4 Å². The summed E-state index contributed by atoms with van der Waals surface area (Å²) >= 11 is 1.31. The van der Waals surface area contributed by atoms with Crippen molar-refractivity contribution in [3.05, 3.63) is 46.9 Å². The average molecular weight is 608 g/mol. The quantitative estimate of drug-likeness (QED) is 0.307. The maximum Gasteiger partial charge on any atom is 0.416 e. The summed E-state index contributed by atoms with van der Waals surface area (Å²) in [6, 6.07) is 4.77. The molecule has 0 aliphatic carbocycles. The fourth-order valence-corrected chi connectivity index (χ4v) is 6.53. The third-order valence-corrected chi connectivity index (χ3v) is 8.78. The van der Waals surface area contributed by atoms with Gasteiger partial charge in [0.1, 0.15) is 23.8 Å². The highest BCUT2D eigenvalue weighted by atomic mass is 32.1. The molecule has 42 heavy (non-hydrogen) atoms. The van der Waals surface area contributed by atoms with Crippen LogP contribution in [0.1, 0.15) is 43.6 Å². The number of benzene rings is 1. The third-order valence-electron chi connectivity index (χ3n) is 7.82. The Labute approximate surface area is 245 Å². The number of hydrogen-bond donors (Lipinski definition) is 2. The molecule has 3 aromatic rings. The van der Waals surface area contributed by atoms with Gasteiger partial charge in [-0.15, -0.1) is 0 Å². The number of rotatable bonds is 9. The lowest BCUT2D eigenvalue weighted by Gasteiger charge is -2.40.